The Morgan fingerprint density at radius 1 is 1.36 bits per heavy atom. The molecular weight excluding hydrogens is 296 g/mol. The number of nitrogens with zero attached hydrogens (tertiary/aromatic N) is 2. The van der Waals surface area contributed by atoms with E-state index in [0.29, 0.717) is 12.0 Å². The van der Waals surface area contributed by atoms with Crippen LogP contribution in [0.15, 0.2) is 5.38 Å². The van der Waals surface area contributed by atoms with Crippen LogP contribution in [-0.4, -0.2) is 41.6 Å². The van der Waals surface area contributed by atoms with Crippen molar-refractivity contribution < 1.29 is 9.53 Å². The number of hydrogen-bond donors (Lipinski definition) is 0. The highest BCUT2D eigenvalue weighted by molar-refractivity contribution is 7.09. The second-order valence-electron chi connectivity index (χ2n) is 6.43. The molecule has 0 bridgehead atoms. The first-order valence-corrected chi connectivity index (χ1v) is 9.48. The van der Waals surface area contributed by atoms with E-state index in [-0.39, 0.29) is 12.5 Å². The van der Waals surface area contributed by atoms with E-state index in [9.17, 15) is 4.79 Å². The van der Waals surface area contributed by atoms with Crippen LogP contribution >= 0.6 is 11.3 Å². The summed E-state index contributed by atoms with van der Waals surface area (Å²) in [6.45, 7) is 4.07. The summed E-state index contributed by atoms with van der Waals surface area (Å²) >= 11 is 1.75. The summed E-state index contributed by atoms with van der Waals surface area (Å²) < 4.78 is 5.78. The molecular formula is C17H26N2O2S. The predicted octanol–water partition coefficient (Wildman–Crippen LogP) is 3.37. The van der Waals surface area contributed by atoms with E-state index in [4.69, 9.17) is 9.72 Å². The lowest BCUT2D eigenvalue weighted by Gasteiger charge is -2.32. The van der Waals surface area contributed by atoms with Crippen molar-refractivity contribution in [3.8, 4) is 0 Å². The molecule has 1 aromatic heterocycles. The van der Waals surface area contributed by atoms with E-state index < -0.39 is 0 Å². The molecule has 1 aromatic rings. The number of carbonyl (C=O) groups excluding carboxylic acids is 1. The van der Waals surface area contributed by atoms with Gasteiger partial charge in [-0.2, -0.15) is 0 Å². The number of aryl methyl sites for hydroxylation is 1. The largest absolute Gasteiger partial charge is 0.368 e. The van der Waals surface area contributed by atoms with Crippen LogP contribution in [0.2, 0.25) is 0 Å². The average Bonchev–Trinajstić information content (AvgIpc) is 3.24. The molecule has 22 heavy (non-hydrogen) atoms. The molecule has 2 heterocycles. The SMILES string of the molecule is CCc1csc(C2CCCN(C(=O)COC3CCCC3)C2)n1. The molecule has 0 N–H and O–H groups in total. The number of hydrogen-bond acceptors (Lipinski definition) is 4. The van der Waals surface area contributed by atoms with Gasteiger partial charge in [-0.25, -0.2) is 4.98 Å². The molecule has 2 fully saturated rings. The molecule has 1 amide bonds. The van der Waals surface area contributed by atoms with Crippen LogP contribution in [0.1, 0.15) is 62.1 Å². The van der Waals surface area contributed by atoms with Gasteiger partial charge in [0.2, 0.25) is 5.91 Å². The van der Waals surface area contributed by atoms with Crippen molar-refractivity contribution in [2.45, 2.75) is 63.9 Å². The number of thiazole rings is 1. The predicted molar refractivity (Wildman–Crippen MR) is 88.3 cm³/mol. The quantitative estimate of drug-likeness (QED) is 0.834. The lowest BCUT2D eigenvalue weighted by atomic mass is 9.98. The zero-order chi connectivity index (χ0) is 15.4. The maximum absolute atomic E-state index is 12.4. The fourth-order valence-corrected chi connectivity index (χ4v) is 4.44. The van der Waals surface area contributed by atoms with E-state index in [2.05, 4.69) is 12.3 Å². The molecule has 0 aromatic carbocycles. The highest BCUT2D eigenvalue weighted by atomic mass is 32.1. The first-order valence-electron chi connectivity index (χ1n) is 8.60. The van der Waals surface area contributed by atoms with Crippen molar-refractivity contribution in [2.24, 2.45) is 0 Å². The topological polar surface area (TPSA) is 42.4 Å². The fraction of sp³-hybridized carbons (Fsp3) is 0.765. The summed E-state index contributed by atoms with van der Waals surface area (Å²) in [7, 11) is 0. The monoisotopic (exact) mass is 322 g/mol. The van der Waals surface area contributed by atoms with E-state index in [1.54, 1.807) is 11.3 Å². The van der Waals surface area contributed by atoms with Gasteiger partial charge in [-0.3, -0.25) is 4.79 Å². The smallest absolute Gasteiger partial charge is 0.248 e. The molecule has 122 valence electrons. The second kappa shape index (κ2) is 7.55. The maximum atomic E-state index is 12.4. The molecule has 0 spiro atoms. The number of carbonyl (C=O) groups is 1. The molecule has 1 aliphatic heterocycles. The highest BCUT2D eigenvalue weighted by Gasteiger charge is 2.27. The van der Waals surface area contributed by atoms with Crippen molar-refractivity contribution >= 4 is 17.2 Å². The van der Waals surface area contributed by atoms with Gasteiger partial charge in [0.05, 0.1) is 16.8 Å². The van der Waals surface area contributed by atoms with Gasteiger partial charge in [-0.15, -0.1) is 11.3 Å². The van der Waals surface area contributed by atoms with Gasteiger partial charge in [-0.1, -0.05) is 19.8 Å². The Kier molecular flexibility index (Phi) is 5.47. The highest BCUT2D eigenvalue weighted by Crippen LogP contribution is 2.29. The third-order valence-corrected chi connectivity index (χ3v) is 5.86. The Bertz CT molecular complexity index is 497. The number of rotatable bonds is 5. The Balaban J connectivity index is 1.51. The molecule has 2 aliphatic rings. The Morgan fingerprint density at radius 2 is 2.18 bits per heavy atom. The molecule has 4 nitrogen and oxygen atoms in total. The standard InChI is InChI=1S/C17H26N2O2S/c1-2-14-12-22-17(18-14)13-6-5-9-19(10-13)16(20)11-21-15-7-3-4-8-15/h12-13,15H,2-11H2,1H3. The van der Waals surface area contributed by atoms with Crippen LogP contribution in [0.5, 0.6) is 0 Å². The third kappa shape index (κ3) is 3.87. The van der Waals surface area contributed by atoms with Gasteiger partial charge in [0, 0.05) is 24.4 Å². The van der Waals surface area contributed by atoms with Crippen LogP contribution in [-0.2, 0) is 16.0 Å². The molecule has 3 rings (SSSR count). The number of amides is 1. The summed E-state index contributed by atoms with van der Waals surface area (Å²) in [5, 5.41) is 3.35. The van der Waals surface area contributed by atoms with E-state index >= 15 is 0 Å². The molecule has 0 radical (unpaired) electrons. The van der Waals surface area contributed by atoms with Gasteiger partial charge in [0.1, 0.15) is 6.61 Å². The third-order valence-electron chi connectivity index (χ3n) is 4.80. The minimum atomic E-state index is 0.156. The van der Waals surface area contributed by atoms with Gasteiger partial charge < -0.3 is 9.64 Å². The van der Waals surface area contributed by atoms with Crippen LogP contribution < -0.4 is 0 Å². The van der Waals surface area contributed by atoms with Crippen LogP contribution in [0.4, 0.5) is 0 Å². The first kappa shape index (κ1) is 15.9. The lowest BCUT2D eigenvalue weighted by Crippen LogP contribution is -2.41. The Hall–Kier alpha value is -0.940. The zero-order valence-electron chi connectivity index (χ0n) is 13.4. The molecule has 1 atom stereocenters. The van der Waals surface area contributed by atoms with Crippen molar-refractivity contribution in [1.82, 2.24) is 9.88 Å². The lowest BCUT2D eigenvalue weighted by molar-refractivity contribution is -0.139. The minimum Gasteiger partial charge on any atom is -0.368 e. The molecule has 5 heteroatoms. The van der Waals surface area contributed by atoms with Crippen LogP contribution in [0.3, 0.4) is 0 Å². The van der Waals surface area contributed by atoms with E-state index in [1.807, 2.05) is 4.90 Å². The summed E-state index contributed by atoms with van der Waals surface area (Å²) in [6, 6.07) is 0. The zero-order valence-corrected chi connectivity index (χ0v) is 14.2. The normalized spacial score (nSPS) is 23.1. The van der Waals surface area contributed by atoms with Gasteiger partial charge in [0.15, 0.2) is 0 Å². The average molecular weight is 322 g/mol. The first-order chi connectivity index (χ1) is 10.8. The number of piperidine rings is 1. The number of ether oxygens (including phenoxy) is 1. The van der Waals surface area contributed by atoms with Crippen molar-refractivity contribution in [2.75, 3.05) is 19.7 Å². The van der Waals surface area contributed by atoms with Crippen molar-refractivity contribution in [3.05, 3.63) is 16.1 Å². The molecule has 1 aliphatic carbocycles. The minimum absolute atomic E-state index is 0.156. The Morgan fingerprint density at radius 3 is 2.91 bits per heavy atom. The van der Waals surface area contributed by atoms with Crippen LogP contribution in [0.25, 0.3) is 0 Å². The number of aromatic nitrogens is 1. The van der Waals surface area contributed by atoms with Gasteiger partial charge in [-0.05, 0) is 32.1 Å². The van der Waals surface area contributed by atoms with Gasteiger partial charge in [0.25, 0.3) is 0 Å². The molecule has 1 saturated carbocycles. The summed E-state index contributed by atoms with van der Waals surface area (Å²) in [5.41, 5.74) is 1.17. The maximum Gasteiger partial charge on any atom is 0.248 e. The second-order valence-corrected chi connectivity index (χ2v) is 7.32. The van der Waals surface area contributed by atoms with Gasteiger partial charge >= 0.3 is 0 Å². The summed E-state index contributed by atoms with van der Waals surface area (Å²) in [4.78, 5) is 19.1. The molecule has 1 saturated heterocycles. The molecule has 1 unspecified atom stereocenters. The van der Waals surface area contributed by atoms with Crippen molar-refractivity contribution in [1.29, 1.82) is 0 Å². The van der Waals surface area contributed by atoms with E-state index in [0.717, 1.165) is 45.2 Å². The van der Waals surface area contributed by atoms with Crippen LogP contribution in [0, 0.1) is 0 Å². The Labute approximate surface area is 136 Å². The van der Waals surface area contributed by atoms with E-state index in [1.165, 1.54) is 23.5 Å². The fourth-order valence-electron chi connectivity index (χ4n) is 3.41. The van der Waals surface area contributed by atoms with Crippen molar-refractivity contribution in [3.63, 3.8) is 0 Å². The summed E-state index contributed by atoms with van der Waals surface area (Å²) in [5.74, 6) is 0.568. The summed E-state index contributed by atoms with van der Waals surface area (Å²) in [6.07, 6.45) is 8.24. The number of likely N-dealkylation sites (tertiary alicyclic amines) is 1.